The summed E-state index contributed by atoms with van der Waals surface area (Å²) < 4.78 is 11.5. The van der Waals surface area contributed by atoms with E-state index in [9.17, 15) is 14.7 Å². The Morgan fingerprint density at radius 2 is 1.97 bits per heavy atom. The Bertz CT molecular complexity index is 894. The van der Waals surface area contributed by atoms with E-state index >= 15 is 0 Å². The van der Waals surface area contributed by atoms with Gasteiger partial charge in [0.1, 0.15) is 12.4 Å². The maximum atomic E-state index is 12.4. The highest BCUT2D eigenvalue weighted by Gasteiger charge is 2.34. The van der Waals surface area contributed by atoms with Gasteiger partial charge >= 0.3 is 5.97 Å². The average molecular weight is 398 g/mol. The van der Waals surface area contributed by atoms with Crippen LogP contribution in [0, 0.1) is 5.92 Å². The lowest BCUT2D eigenvalue weighted by molar-refractivity contribution is -0.141. The number of carboxylic acids is 1. The van der Waals surface area contributed by atoms with Crippen LogP contribution >= 0.6 is 0 Å². The van der Waals surface area contributed by atoms with Gasteiger partial charge in [0.25, 0.3) is 0 Å². The summed E-state index contributed by atoms with van der Waals surface area (Å²) in [5.41, 5.74) is 0.935. The number of ether oxygens (including phenoxy) is 2. The monoisotopic (exact) mass is 398 g/mol. The van der Waals surface area contributed by atoms with Gasteiger partial charge < -0.3 is 19.5 Å². The van der Waals surface area contributed by atoms with E-state index < -0.39 is 11.9 Å². The van der Waals surface area contributed by atoms with Gasteiger partial charge in [0.05, 0.1) is 19.1 Å². The first-order valence-corrected chi connectivity index (χ1v) is 10.1. The Kier molecular flexibility index (Phi) is 5.97. The summed E-state index contributed by atoms with van der Waals surface area (Å²) in [7, 11) is 0. The van der Waals surface area contributed by atoms with Crippen molar-refractivity contribution in [1.29, 1.82) is 0 Å². The Balaban J connectivity index is 1.53. The van der Waals surface area contributed by atoms with Gasteiger partial charge in [-0.3, -0.25) is 14.5 Å². The van der Waals surface area contributed by atoms with Crippen LogP contribution in [0.15, 0.2) is 36.4 Å². The van der Waals surface area contributed by atoms with Gasteiger partial charge in [0.2, 0.25) is 5.91 Å². The minimum absolute atomic E-state index is 0.0628. The van der Waals surface area contributed by atoms with E-state index in [-0.39, 0.29) is 18.9 Å². The molecule has 0 aliphatic carbocycles. The lowest BCUT2D eigenvalue weighted by Gasteiger charge is -2.27. The van der Waals surface area contributed by atoms with Crippen LogP contribution in [0.5, 0.6) is 5.75 Å². The number of likely N-dealkylation sites (tertiary alicyclic amines) is 1. The lowest BCUT2D eigenvalue weighted by atomic mass is 10.0. The fourth-order valence-corrected chi connectivity index (χ4v) is 4.01. The molecule has 2 fully saturated rings. The molecule has 2 aliphatic heterocycles. The number of fused-ring (bicyclic) bond motifs is 1. The molecular formula is C22H26N2O5. The zero-order chi connectivity index (χ0) is 20.2. The maximum Gasteiger partial charge on any atom is 0.308 e. The highest BCUT2D eigenvalue weighted by molar-refractivity contribution is 5.89. The second kappa shape index (κ2) is 8.80. The normalized spacial score (nSPS) is 20.3. The minimum Gasteiger partial charge on any atom is -0.492 e. The zero-order valence-electron chi connectivity index (χ0n) is 16.4. The summed E-state index contributed by atoms with van der Waals surface area (Å²) in [4.78, 5) is 27.6. The minimum atomic E-state index is -0.916. The Morgan fingerprint density at radius 3 is 2.72 bits per heavy atom. The first-order valence-electron chi connectivity index (χ1n) is 10.1. The van der Waals surface area contributed by atoms with E-state index in [1.807, 2.05) is 36.4 Å². The molecule has 4 rings (SSSR count). The zero-order valence-corrected chi connectivity index (χ0v) is 16.4. The topological polar surface area (TPSA) is 79.3 Å². The van der Waals surface area contributed by atoms with E-state index in [4.69, 9.17) is 9.47 Å². The van der Waals surface area contributed by atoms with Gasteiger partial charge in [-0.15, -0.1) is 0 Å². The van der Waals surface area contributed by atoms with Crippen molar-refractivity contribution in [2.45, 2.75) is 13.0 Å². The van der Waals surface area contributed by atoms with Crippen LogP contribution in [0.2, 0.25) is 0 Å². The molecule has 2 aromatic rings. The van der Waals surface area contributed by atoms with Gasteiger partial charge in [0.15, 0.2) is 0 Å². The van der Waals surface area contributed by atoms with Crippen LogP contribution in [0.3, 0.4) is 0 Å². The number of hydrogen-bond acceptors (Lipinski definition) is 5. The van der Waals surface area contributed by atoms with Crippen molar-refractivity contribution in [2.24, 2.45) is 5.92 Å². The van der Waals surface area contributed by atoms with Gasteiger partial charge in [0, 0.05) is 44.7 Å². The average Bonchev–Trinajstić information content (AvgIpc) is 3.11. The maximum absolute atomic E-state index is 12.4. The van der Waals surface area contributed by atoms with E-state index in [0.717, 1.165) is 54.9 Å². The Labute approximate surface area is 169 Å². The molecule has 2 aliphatic rings. The number of rotatable bonds is 7. The van der Waals surface area contributed by atoms with Crippen molar-refractivity contribution in [1.82, 2.24) is 9.80 Å². The van der Waals surface area contributed by atoms with Gasteiger partial charge in [-0.25, -0.2) is 0 Å². The van der Waals surface area contributed by atoms with E-state index in [2.05, 4.69) is 4.90 Å². The number of carbonyl (C=O) groups is 2. The highest BCUT2D eigenvalue weighted by atomic mass is 16.5. The van der Waals surface area contributed by atoms with Gasteiger partial charge in [-0.2, -0.15) is 0 Å². The third kappa shape index (κ3) is 4.52. The van der Waals surface area contributed by atoms with Crippen LogP contribution < -0.4 is 4.74 Å². The molecule has 0 saturated carbocycles. The Hall–Kier alpha value is -2.64. The number of aliphatic carboxylic acids is 1. The van der Waals surface area contributed by atoms with Crippen molar-refractivity contribution in [3.63, 3.8) is 0 Å². The van der Waals surface area contributed by atoms with Crippen molar-refractivity contribution in [2.75, 3.05) is 46.0 Å². The molecule has 0 radical (unpaired) electrons. The molecule has 1 atom stereocenters. The largest absolute Gasteiger partial charge is 0.492 e. The number of hydrogen-bond donors (Lipinski definition) is 1. The molecule has 2 saturated heterocycles. The fourth-order valence-electron chi connectivity index (χ4n) is 4.01. The van der Waals surface area contributed by atoms with Crippen molar-refractivity contribution in [3.8, 4) is 5.75 Å². The second-order valence-corrected chi connectivity index (χ2v) is 7.58. The number of carbonyl (C=O) groups excluding carboxylic acids is 1. The summed E-state index contributed by atoms with van der Waals surface area (Å²) in [6.45, 7) is 5.30. The molecule has 1 N–H and O–H groups in total. The lowest BCUT2D eigenvalue weighted by Crippen LogP contribution is -2.38. The SMILES string of the molecule is O=C(O)C1CC(=O)N(Cc2c(OCCN3CCOCC3)ccc3ccccc23)C1. The molecular weight excluding hydrogens is 372 g/mol. The number of benzene rings is 2. The van der Waals surface area contributed by atoms with Crippen LogP contribution in [0.4, 0.5) is 0 Å². The van der Waals surface area contributed by atoms with Crippen LogP contribution in [0.25, 0.3) is 10.8 Å². The first kappa shape index (κ1) is 19.7. The fraction of sp³-hybridized carbons (Fsp3) is 0.455. The molecule has 29 heavy (non-hydrogen) atoms. The number of amides is 1. The number of nitrogens with zero attached hydrogens (tertiary/aromatic N) is 2. The summed E-state index contributed by atoms with van der Waals surface area (Å²) in [5, 5.41) is 11.4. The van der Waals surface area contributed by atoms with E-state index in [0.29, 0.717) is 13.2 Å². The standard InChI is InChI=1S/C22H26N2O5/c25-21-13-17(22(26)27)14-24(21)15-19-18-4-2-1-3-16(18)5-6-20(19)29-12-9-23-7-10-28-11-8-23/h1-6,17H,7-15H2,(H,26,27). The Morgan fingerprint density at radius 1 is 1.17 bits per heavy atom. The molecule has 2 aromatic carbocycles. The molecule has 0 aromatic heterocycles. The predicted molar refractivity (Wildman–Crippen MR) is 108 cm³/mol. The van der Waals surface area contributed by atoms with Crippen LogP contribution in [-0.2, 0) is 20.9 Å². The molecule has 1 amide bonds. The third-order valence-electron chi connectivity index (χ3n) is 5.68. The van der Waals surface area contributed by atoms with E-state index in [1.165, 1.54) is 0 Å². The summed E-state index contributed by atoms with van der Waals surface area (Å²) in [6, 6.07) is 12.0. The summed E-state index contributed by atoms with van der Waals surface area (Å²) in [5.74, 6) is -0.919. The van der Waals surface area contributed by atoms with Crippen molar-refractivity contribution >= 4 is 22.6 Å². The molecule has 154 valence electrons. The van der Waals surface area contributed by atoms with Crippen molar-refractivity contribution in [3.05, 3.63) is 42.0 Å². The van der Waals surface area contributed by atoms with Crippen LogP contribution in [0.1, 0.15) is 12.0 Å². The highest BCUT2D eigenvalue weighted by Crippen LogP contribution is 2.31. The third-order valence-corrected chi connectivity index (χ3v) is 5.68. The molecule has 2 heterocycles. The predicted octanol–water partition coefficient (Wildman–Crippen LogP) is 1.98. The quantitative estimate of drug-likeness (QED) is 0.768. The smallest absolute Gasteiger partial charge is 0.308 e. The molecule has 1 unspecified atom stereocenters. The first-order chi connectivity index (χ1) is 14.1. The summed E-state index contributed by atoms with van der Waals surface area (Å²) >= 11 is 0. The molecule has 7 nitrogen and oxygen atoms in total. The molecule has 7 heteroatoms. The molecule has 0 spiro atoms. The molecule has 0 bridgehead atoms. The van der Waals surface area contributed by atoms with Crippen LogP contribution in [-0.4, -0.2) is 72.8 Å². The van der Waals surface area contributed by atoms with E-state index in [1.54, 1.807) is 4.90 Å². The van der Waals surface area contributed by atoms with Crippen molar-refractivity contribution < 1.29 is 24.2 Å². The summed E-state index contributed by atoms with van der Waals surface area (Å²) in [6.07, 6.45) is 0.0628. The van der Waals surface area contributed by atoms with Gasteiger partial charge in [-0.05, 0) is 16.8 Å². The number of carboxylic acid groups (broad SMARTS) is 1. The van der Waals surface area contributed by atoms with Gasteiger partial charge in [-0.1, -0.05) is 30.3 Å². The number of morpholine rings is 1. The second-order valence-electron chi connectivity index (χ2n) is 7.58.